The Bertz CT molecular complexity index is 506. The van der Waals surface area contributed by atoms with E-state index in [4.69, 9.17) is 5.11 Å². The zero-order valence-corrected chi connectivity index (χ0v) is 11.7. The quantitative estimate of drug-likeness (QED) is 0.878. The number of benzene rings is 2. The first kappa shape index (κ1) is 12.1. The summed E-state index contributed by atoms with van der Waals surface area (Å²) in [7, 11) is 0. The molecule has 0 saturated carbocycles. The van der Waals surface area contributed by atoms with Crippen LogP contribution in [0.5, 0.6) is 0 Å². The fraction of sp³-hybridized carbons (Fsp3) is 0.0833. The molecule has 0 aliphatic rings. The summed E-state index contributed by atoms with van der Waals surface area (Å²) in [5.41, 5.74) is 1.35. The van der Waals surface area contributed by atoms with Crippen LogP contribution in [-0.4, -0.2) is 36.9 Å². The third-order valence-corrected chi connectivity index (χ3v) is 2.32. The van der Waals surface area contributed by atoms with E-state index < -0.39 is 5.97 Å². The van der Waals surface area contributed by atoms with Crippen LogP contribution in [0.3, 0.4) is 0 Å². The number of rotatable bonds is 1. The summed E-state index contributed by atoms with van der Waals surface area (Å²) in [5.74, 6) is -0.876. The van der Waals surface area contributed by atoms with Gasteiger partial charge in [0.15, 0.2) is 0 Å². The Balaban J connectivity index is 0.00000112. The molecule has 0 fully saturated rings. The molecular weight excluding hydrogens is 291 g/mol. The average Bonchev–Trinajstić information content (AvgIpc) is 2.17. The summed E-state index contributed by atoms with van der Waals surface area (Å²) in [6, 6.07) is 11.2. The SMILES string of the molecule is Cc1cc(C(=O)O)cc2ccccc12.[In]. The van der Waals surface area contributed by atoms with E-state index in [0.29, 0.717) is 5.56 Å². The second-order valence-corrected chi connectivity index (χ2v) is 3.32. The van der Waals surface area contributed by atoms with Crippen molar-refractivity contribution in [2.75, 3.05) is 0 Å². The molecule has 1 N–H and O–H groups in total. The molecule has 2 aromatic carbocycles. The molecule has 3 heteroatoms. The maximum Gasteiger partial charge on any atom is 0.335 e. The minimum Gasteiger partial charge on any atom is -0.478 e. The summed E-state index contributed by atoms with van der Waals surface area (Å²) < 4.78 is 0. The first-order chi connectivity index (χ1) is 6.68. The first-order valence-corrected chi connectivity index (χ1v) is 4.41. The van der Waals surface area contributed by atoms with E-state index in [0.717, 1.165) is 16.3 Å². The molecule has 0 spiro atoms. The monoisotopic (exact) mass is 301 g/mol. The van der Waals surface area contributed by atoms with Crippen LogP contribution in [0.4, 0.5) is 0 Å². The molecule has 15 heavy (non-hydrogen) atoms. The van der Waals surface area contributed by atoms with Gasteiger partial charge in [-0.05, 0) is 35.4 Å². The molecule has 0 bridgehead atoms. The third-order valence-electron chi connectivity index (χ3n) is 2.32. The van der Waals surface area contributed by atoms with E-state index in [-0.39, 0.29) is 25.8 Å². The number of carbonyl (C=O) groups is 1. The van der Waals surface area contributed by atoms with Gasteiger partial charge in [0.1, 0.15) is 0 Å². The molecule has 2 rings (SSSR count). The minimum absolute atomic E-state index is 0. The number of aryl methyl sites for hydroxylation is 1. The van der Waals surface area contributed by atoms with Gasteiger partial charge in [0, 0.05) is 25.8 Å². The Morgan fingerprint density at radius 1 is 1.20 bits per heavy atom. The minimum atomic E-state index is -0.876. The maximum atomic E-state index is 10.8. The summed E-state index contributed by atoms with van der Waals surface area (Å²) in [6.07, 6.45) is 0. The van der Waals surface area contributed by atoms with Gasteiger partial charge in [-0.3, -0.25) is 0 Å². The number of fused-ring (bicyclic) bond motifs is 1. The van der Waals surface area contributed by atoms with E-state index >= 15 is 0 Å². The van der Waals surface area contributed by atoms with Crippen molar-refractivity contribution in [1.82, 2.24) is 0 Å². The van der Waals surface area contributed by atoms with E-state index in [9.17, 15) is 4.79 Å². The Kier molecular flexibility index (Phi) is 3.80. The maximum absolute atomic E-state index is 10.8. The summed E-state index contributed by atoms with van der Waals surface area (Å²) >= 11 is 0. The Morgan fingerprint density at radius 3 is 2.53 bits per heavy atom. The molecule has 0 unspecified atom stereocenters. The predicted octanol–water partition coefficient (Wildman–Crippen LogP) is 2.47. The van der Waals surface area contributed by atoms with Crippen LogP contribution < -0.4 is 0 Å². The number of carboxylic acids is 1. The molecule has 0 aliphatic carbocycles. The number of carboxylic acid groups (broad SMARTS) is 1. The molecule has 0 atom stereocenters. The fourth-order valence-corrected chi connectivity index (χ4v) is 1.63. The van der Waals surface area contributed by atoms with Crippen molar-refractivity contribution in [2.45, 2.75) is 6.92 Å². The van der Waals surface area contributed by atoms with E-state index in [1.54, 1.807) is 12.1 Å². The van der Waals surface area contributed by atoms with Crippen LogP contribution in [0.2, 0.25) is 0 Å². The smallest absolute Gasteiger partial charge is 0.335 e. The van der Waals surface area contributed by atoms with Crippen LogP contribution in [0, 0.1) is 6.92 Å². The fourth-order valence-electron chi connectivity index (χ4n) is 1.63. The Labute approximate surface area is 107 Å². The second-order valence-electron chi connectivity index (χ2n) is 3.32. The zero-order valence-electron chi connectivity index (χ0n) is 8.40. The van der Waals surface area contributed by atoms with Crippen molar-refractivity contribution in [3.63, 3.8) is 0 Å². The molecule has 3 radical (unpaired) electrons. The van der Waals surface area contributed by atoms with Crippen molar-refractivity contribution < 1.29 is 9.90 Å². The van der Waals surface area contributed by atoms with Crippen molar-refractivity contribution in [1.29, 1.82) is 0 Å². The average molecular weight is 301 g/mol. The van der Waals surface area contributed by atoms with E-state index in [1.165, 1.54) is 0 Å². The zero-order chi connectivity index (χ0) is 10.1. The normalized spacial score (nSPS) is 9.67. The number of hydrogen-bond donors (Lipinski definition) is 1. The van der Waals surface area contributed by atoms with Crippen molar-refractivity contribution in [3.8, 4) is 0 Å². The van der Waals surface area contributed by atoms with Crippen molar-refractivity contribution in [3.05, 3.63) is 47.5 Å². The number of aromatic carboxylic acids is 1. The van der Waals surface area contributed by atoms with Crippen LogP contribution in [0.15, 0.2) is 36.4 Å². The van der Waals surface area contributed by atoms with E-state index in [1.807, 2.05) is 31.2 Å². The Hall–Kier alpha value is -0.960. The van der Waals surface area contributed by atoms with Crippen molar-refractivity contribution >= 4 is 42.6 Å². The third kappa shape index (κ3) is 2.34. The molecular formula is C12H10InO2. The van der Waals surface area contributed by atoms with Gasteiger partial charge in [0.05, 0.1) is 5.56 Å². The van der Waals surface area contributed by atoms with E-state index in [2.05, 4.69) is 0 Å². The predicted molar refractivity (Wildman–Crippen MR) is 61.4 cm³/mol. The van der Waals surface area contributed by atoms with Crippen LogP contribution in [0.25, 0.3) is 10.8 Å². The molecule has 2 aromatic rings. The van der Waals surface area contributed by atoms with Crippen LogP contribution >= 0.6 is 0 Å². The largest absolute Gasteiger partial charge is 0.478 e. The van der Waals surface area contributed by atoms with Gasteiger partial charge in [0.2, 0.25) is 0 Å². The van der Waals surface area contributed by atoms with Crippen LogP contribution in [0.1, 0.15) is 15.9 Å². The molecule has 2 nitrogen and oxygen atoms in total. The molecule has 0 aliphatic heterocycles. The van der Waals surface area contributed by atoms with Gasteiger partial charge in [-0.15, -0.1) is 0 Å². The molecule has 0 aromatic heterocycles. The molecule has 0 saturated heterocycles. The standard InChI is InChI=1S/C12H10O2.In/c1-8-6-10(12(13)14)7-9-4-2-3-5-11(8)9;/h2-7H,1H3,(H,13,14);. The van der Waals surface area contributed by atoms with Gasteiger partial charge in [-0.1, -0.05) is 24.3 Å². The summed E-state index contributed by atoms with van der Waals surface area (Å²) in [5, 5.41) is 11.0. The van der Waals surface area contributed by atoms with Gasteiger partial charge < -0.3 is 5.11 Å². The second kappa shape index (κ2) is 4.71. The van der Waals surface area contributed by atoms with Gasteiger partial charge in [0.25, 0.3) is 0 Å². The molecule has 73 valence electrons. The first-order valence-electron chi connectivity index (χ1n) is 4.41. The Morgan fingerprint density at radius 2 is 1.87 bits per heavy atom. The summed E-state index contributed by atoms with van der Waals surface area (Å²) in [6.45, 7) is 1.93. The molecule has 0 amide bonds. The van der Waals surface area contributed by atoms with Gasteiger partial charge in [-0.2, -0.15) is 0 Å². The number of hydrogen-bond acceptors (Lipinski definition) is 1. The molecule has 0 heterocycles. The topological polar surface area (TPSA) is 37.3 Å². The van der Waals surface area contributed by atoms with Gasteiger partial charge >= 0.3 is 5.97 Å². The summed E-state index contributed by atoms with van der Waals surface area (Å²) in [4.78, 5) is 10.8. The van der Waals surface area contributed by atoms with Crippen LogP contribution in [-0.2, 0) is 0 Å². The van der Waals surface area contributed by atoms with Gasteiger partial charge in [-0.25, -0.2) is 4.79 Å². The van der Waals surface area contributed by atoms with Crippen molar-refractivity contribution in [2.24, 2.45) is 0 Å².